The highest BCUT2D eigenvalue weighted by Crippen LogP contribution is 2.32. The van der Waals surface area contributed by atoms with Crippen molar-refractivity contribution in [2.24, 2.45) is 5.92 Å². The van der Waals surface area contributed by atoms with Gasteiger partial charge in [-0.05, 0) is 48.2 Å². The van der Waals surface area contributed by atoms with Crippen molar-refractivity contribution in [1.29, 1.82) is 0 Å². The third-order valence-corrected chi connectivity index (χ3v) is 5.28. The van der Waals surface area contributed by atoms with Crippen LogP contribution < -0.4 is 19.5 Å². The summed E-state index contributed by atoms with van der Waals surface area (Å²) in [6, 6.07) is 13.5. The first-order valence-electron chi connectivity index (χ1n) is 9.25. The maximum atomic E-state index is 12.6. The van der Waals surface area contributed by atoms with Crippen molar-refractivity contribution in [3.63, 3.8) is 0 Å². The first-order chi connectivity index (χ1) is 13.5. The molecule has 0 aliphatic heterocycles. The van der Waals surface area contributed by atoms with E-state index in [0.29, 0.717) is 23.2 Å². The quantitative estimate of drug-likeness (QED) is 0.582. The summed E-state index contributed by atoms with van der Waals surface area (Å²) in [6.07, 6.45) is 0.874. The second-order valence-corrected chi connectivity index (χ2v) is 7.88. The van der Waals surface area contributed by atoms with Gasteiger partial charge in [0.1, 0.15) is 5.75 Å². The smallest absolute Gasteiger partial charge is 0.230 e. The Kier molecular flexibility index (Phi) is 8.51. The van der Waals surface area contributed by atoms with Crippen LogP contribution in [0.4, 0.5) is 0 Å². The molecule has 0 aliphatic rings. The number of hydrogen-bond acceptors (Lipinski definition) is 5. The van der Waals surface area contributed by atoms with Gasteiger partial charge < -0.3 is 19.5 Å². The number of ether oxygens (including phenoxy) is 3. The van der Waals surface area contributed by atoms with Crippen molar-refractivity contribution in [3.05, 3.63) is 48.0 Å². The van der Waals surface area contributed by atoms with E-state index in [1.54, 1.807) is 21.3 Å². The number of amides is 1. The zero-order valence-corrected chi connectivity index (χ0v) is 18.0. The van der Waals surface area contributed by atoms with Crippen molar-refractivity contribution >= 4 is 17.7 Å². The zero-order valence-electron chi connectivity index (χ0n) is 17.2. The minimum absolute atomic E-state index is 0.00116. The number of carbonyl (C=O) groups is 1. The minimum Gasteiger partial charge on any atom is -0.497 e. The summed E-state index contributed by atoms with van der Waals surface area (Å²) in [7, 11) is 4.85. The Bertz CT molecular complexity index is 762. The van der Waals surface area contributed by atoms with Crippen molar-refractivity contribution in [1.82, 2.24) is 5.32 Å². The molecule has 0 bridgehead atoms. The molecule has 1 unspecified atom stereocenters. The van der Waals surface area contributed by atoms with E-state index in [1.165, 1.54) is 11.8 Å². The summed E-state index contributed by atoms with van der Waals surface area (Å²) in [6.45, 7) is 4.31. The van der Waals surface area contributed by atoms with E-state index in [4.69, 9.17) is 14.2 Å². The van der Waals surface area contributed by atoms with Crippen molar-refractivity contribution < 1.29 is 19.0 Å². The number of methoxy groups -OCH3 is 3. The predicted octanol–water partition coefficient (Wildman–Crippen LogP) is 4.71. The lowest BCUT2D eigenvalue weighted by atomic mass is 9.97. The van der Waals surface area contributed by atoms with Crippen molar-refractivity contribution in [2.75, 3.05) is 27.1 Å². The van der Waals surface area contributed by atoms with Gasteiger partial charge in [-0.1, -0.05) is 26.0 Å². The van der Waals surface area contributed by atoms with Crippen LogP contribution in [-0.4, -0.2) is 33.0 Å². The Morgan fingerprint density at radius 2 is 1.64 bits per heavy atom. The van der Waals surface area contributed by atoms with Gasteiger partial charge in [0.25, 0.3) is 0 Å². The molecule has 0 saturated heterocycles. The summed E-state index contributed by atoms with van der Waals surface area (Å²) in [5, 5.41) is 3.17. The van der Waals surface area contributed by atoms with Crippen LogP contribution in [0, 0.1) is 5.92 Å². The average Bonchev–Trinajstić information content (AvgIpc) is 2.71. The highest BCUT2D eigenvalue weighted by Gasteiger charge is 2.17. The maximum Gasteiger partial charge on any atom is 0.230 e. The SMILES string of the molecule is COc1ccc(C(CC(C)C)NC(=O)CSc2ccc(OC)c(OC)c2)cc1. The van der Waals surface area contributed by atoms with E-state index >= 15 is 0 Å². The van der Waals surface area contributed by atoms with Crippen molar-refractivity contribution in [2.45, 2.75) is 31.2 Å². The van der Waals surface area contributed by atoms with E-state index in [2.05, 4.69) is 19.2 Å². The molecule has 0 heterocycles. The molecule has 6 heteroatoms. The van der Waals surface area contributed by atoms with Crippen LogP contribution in [-0.2, 0) is 4.79 Å². The summed E-state index contributed by atoms with van der Waals surface area (Å²) >= 11 is 1.47. The van der Waals surface area contributed by atoms with Crippen LogP contribution in [0.2, 0.25) is 0 Å². The van der Waals surface area contributed by atoms with Crippen LogP contribution in [0.3, 0.4) is 0 Å². The molecule has 152 valence electrons. The van der Waals surface area contributed by atoms with E-state index in [0.717, 1.165) is 22.6 Å². The molecule has 0 spiro atoms. The van der Waals surface area contributed by atoms with Crippen LogP contribution in [0.25, 0.3) is 0 Å². The van der Waals surface area contributed by atoms with Crippen LogP contribution in [0.5, 0.6) is 17.2 Å². The van der Waals surface area contributed by atoms with Gasteiger partial charge in [0.2, 0.25) is 5.91 Å². The molecule has 0 radical (unpaired) electrons. The summed E-state index contributed by atoms with van der Waals surface area (Å²) in [5.41, 5.74) is 1.08. The molecule has 0 fully saturated rings. The fourth-order valence-corrected chi connectivity index (χ4v) is 3.61. The van der Waals surface area contributed by atoms with Crippen LogP contribution >= 0.6 is 11.8 Å². The van der Waals surface area contributed by atoms with Crippen LogP contribution in [0.1, 0.15) is 31.9 Å². The van der Waals surface area contributed by atoms with Gasteiger partial charge in [-0.15, -0.1) is 11.8 Å². The topological polar surface area (TPSA) is 56.8 Å². The number of hydrogen-bond donors (Lipinski definition) is 1. The zero-order chi connectivity index (χ0) is 20.5. The predicted molar refractivity (Wildman–Crippen MR) is 114 cm³/mol. The second kappa shape index (κ2) is 10.9. The molecule has 0 aliphatic carbocycles. The Labute approximate surface area is 171 Å². The van der Waals surface area contributed by atoms with E-state index < -0.39 is 0 Å². The standard InChI is InChI=1S/C22H29NO4S/c1-15(2)12-19(16-6-8-17(25-3)9-7-16)23-22(24)14-28-18-10-11-20(26-4)21(13-18)27-5/h6-11,13,15,19H,12,14H2,1-5H3,(H,23,24). The largest absolute Gasteiger partial charge is 0.497 e. The lowest BCUT2D eigenvalue weighted by Crippen LogP contribution is -2.30. The van der Waals surface area contributed by atoms with Crippen LogP contribution in [0.15, 0.2) is 47.4 Å². The van der Waals surface area contributed by atoms with Gasteiger partial charge in [-0.2, -0.15) is 0 Å². The molecule has 5 nitrogen and oxygen atoms in total. The highest BCUT2D eigenvalue weighted by atomic mass is 32.2. The minimum atomic E-state index is -0.0237. The fraction of sp³-hybridized carbons (Fsp3) is 0.409. The molecule has 2 aromatic carbocycles. The highest BCUT2D eigenvalue weighted by molar-refractivity contribution is 8.00. The molecule has 1 atom stereocenters. The van der Waals surface area contributed by atoms with Crippen molar-refractivity contribution in [3.8, 4) is 17.2 Å². The number of carbonyl (C=O) groups excluding carboxylic acids is 1. The average molecular weight is 404 g/mol. The maximum absolute atomic E-state index is 12.6. The van der Waals surface area contributed by atoms with Gasteiger partial charge in [-0.3, -0.25) is 4.79 Å². The normalized spacial score (nSPS) is 11.8. The molecule has 28 heavy (non-hydrogen) atoms. The van der Waals surface area contributed by atoms with E-state index in [-0.39, 0.29) is 11.9 Å². The third-order valence-electron chi connectivity index (χ3n) is 4.29. The Morgan fingerprint density at radius 1 is 0.964 bits per heavy atom. The van der Waals surface area contributed by atoms with Gasteiger partial charge in [0, 0.05) is 4.90 Å². The van der Waals surface area contributed by atoms with E-state index in [1.807, 2.05) is 42.5 Å². The molecular weight excluding hydrogens is 374 g/mol. The summed E-state index contributed by atoms with van der Waals surface area (Å²) in [5.74, 6) is 2.94. The molecule has 1 N–H and O–H groups in total. The first kappa shape index (κ1) is 22.0. The molecule has 2 aromatic rings. The summed E-state index contributed by atoms with van der Waals surface area (Å²) in [4.78, 5) is 13.5. The van der Waals surface area contributed by atoms with E-state index in [9.17, 15) is 4.79 Å². The lowest BCUT2D eigenvalue weighted by Gasteiger charge is -2.21. The number of thioether (sulfide) groups is 1. The number of rotatable bonds is 10. The van der Waals surface area contributed by atoms with Gasteiger partial charge >= 0.3 is 0 Å². The summed E-state index contributed by atoms with van der Waals surface area (Å²) < 4.78 is 15.8. The molecule has 0 saturated carbocycles. The molecule has 1 amide bonds. The second-order valence-electron chi connectivity index (χ2n) is 6.83. The molecular formula is C22H29NO4S. The Balaban J connectivity index is 2.01. The van der Waals surface area contributed by atoms with Gasteiger partial charge in [0.15, 0.2) is 11.5 Å². The molecule has 0 aromatic heterocycles. The number of nitrogens with one attached hydrogen (secondary N) is 1. The fourth-order valence-electron chi connectivity index (χ4n) is 2.88. The number of benzene rings is 2. The van der Waals surface area contributed by atoms with Gasteiger partial charge in [-0.25, -0.2) is 0 Å². The van der Waals surface area contributed by atoms with Gasteiger partial charge in [0.05, 0.1) is 33.1 Å². The Hall–Kier alpha value is -2.34. The Morgan fingerprint density at radius 3 is 2.21 bits per heavy atom. The first-order valence-corrected chi connectivity index (χ1v) is 10.2. The third kappa shape index (κ3) is 6.37. The molecule has 2 rings (SSSR count). The monoisotopic (exact) mass is 403 g/mol. The lowest BCUT2D eigenvalue weighted by molar-refractivity contribution is -0.119.